The van der Waals surface area contributed by atoms with Crippen LogP contribution >= 0.6 is 0 Å². The number of hydrogen-bond donors (Lipinski definition) is 1. The summed E-state index contributed by atoms with van der Waals surface area (Å²) < 4.78 is 0. The maximum Gasteiger partial charge on any atom is 0.228 e. The van der Waals surface area contributed by atoms with Crippen LogP contribution in [0, 0.1) is 0 Å². The zero-order valence-corrected chi connectivity index (χ0v) is 14.5. The van der Waals surface area contributed by atoms with Gasteiger partial charge in [0.1, 0.15) is 0 Å². The fraction of sp³-hybridized carbons (Fsp3) is 0.286. The first-order chi connectivity index (χ1) is 12.6. The van der Waals surface area contributed by atoms with Gasteiger partial charge in [0.15, 0.2) is 5.78 Å². The lowest BCUT2D eigenvalue weighted by atomic mass is 10.00. The lowest BCUT2D eigenvalue weighted by molar-refractivity contribution is -0.118. The molecule has 0 aliphatic carbocycles. The molecule has 2 aromatic carbocycles. The van der Waals surface area contributed by atoms with Gasteiger partial charge in [0, 0.05) is 36.3 Å². The van der Waals surface area contributed by atoms with Crippen LogP contribution in [-0.2, 0) is 22.4 Å². The molecular formula is C21H20N2O3. The molecule has 26 heavy (non-hydrogen) atoms. The van der Waals surface area contributed by atoms with Crippen LogP contribution in [0.25, 0.3) is 0 Å². The molecule has 0 saturated carbocycles. The summed E-state index contributed by atoms with van der Waals surface area (Å²) in [6.45, 7) is 0.705. The van der Waals surface area contributed by atoms with E-state index in [-0.39, 0.29) is 30.4 Å². The zero-order valence-electron chi connectivity index (χ0n) is 14.5. The van der Waals surface area contributed by atoms with E-state index < -0.39 is 0 Å². The van der Waals surface area contributed by atoms with E-state index in [0.717, 1.165) is 29.8 Å². The molecule has 4 rings (SSSR count). The van der Waals surface area contributed by atoms with Crippen LogP contribution in [-0.4, -0.2) is 24.1 Å². The van der Waals surface area contributed by atoms with Gasteiger partial charge in [-0.05, 0) is 48.2 Å². The van der Waals surface area contributed by atoms with Crippen molar-refractivity contribution in [3.05, 3.63) is 59.2 Å². The zero-order chi connectivity index (χ0) is 18.1. The van der Waals surface area contributed by atoms with Crippen LogP contribution in [0.15, 0.2) is 42.5 Å². The molecule has 0 saturated heterocycles. The number of aryl methyl sites for hydroxylation is 1. The van der Waals surface area contributed by atoms with Gasteiger partial charge in [0.05, 0.1) is 6.42 Å². The second-order valence-corrected chi connectivity index (χ2v) is 6.80. The predicted molar refractivity (Wildman–Crippen MR) is 99.5 cm³/mol. The highest BCUT2D eigenvalue weighted by atomic mass is 16.2. The second kappa shape index (κ2) is 6.75. The molecule has 0 fully saturated rings. The van der Waals surface area contributed by atoms with Crippen molar-refractivity contribution in [1.82, 2.24) is 0 Å². The van der Waals surface area contributed by atoms with Crippen molar-refractivity contribution in [1.29, 1.82) is 0 Å². The predicted octanol–water partition coefficient (Wildman–Crippen LogP) is 3.12. The summed E-state index contributed by atoms with van der Waals surface area (Å²) in [5.74, 6) is -0.127. The number of carbonyl (C=O) groups is 3. The topological polar surface area (TPSA) is 66.5 Å². The van der Waals surface area contributed by atoms with Crippen molar-refractivity contribution in [2.75, 3.05) is 16.8 Å². The fourth-order valence-electron chi connectivity index (χ4n) is 3.70. The average molecular weight is 348 g/mol. The van der Waals surface area contributed by atoms with E-state index in [1.165, 1.54) is 5.56 Å². The Hall–Kier alpha value is -2.95. The summed E-state index contributed by atoms with van der Waals surface area (Å²) in [4.78, 5) is 38.4. The number of anilines is 2. The number of para-hydroxylation sites is 1. The summed E-state index contributed by atoms with van der Waals surface area (Å²) in [6, 6.07) is 13.2. The van der Waals surface area contributed by atoms with Crippen LogP contribution in [0.5, 0.6) is 0 Å². The van der Waals surface area contributed by atoms with E-state index in [2.05, 4.69) is 11.4 Å². The molecule has 2 amide bonds. The number of amides is 2. The SMILES string of the molecule is O=C1Cc2cc(C(=O)CCC(=O)N3CCCc4ccccc43)ccc2N1. The second-order valence-electron chi connectivity index (χ2n) is 6.80. The van der Waals surface area contributed by atoms with E-state index in [9.17, 15) is 14.4 Å². The van der Waals surface area contributed by atoms with Gasteiger partial charge < -0.3 is 10.2 Å². The molecule has 0 spiro atoms. The minimum absolute atomic E-state index is 0.0106. The Labute approximate surface area is 152 Å². The van der Waals surface area contributed by atoms with E-state index >= 15 is 0 Å². The molecule has 0 bridgehead atoms. The maximum atomic E-state index is 12.6. The smallest absolute Gasteiger partial charge is 0.228 e. The van der Waals surface area contributed by atoms with Gasteiger partial charge in [-0.3, -0.25) is 14.4 Å². The molecule has 132 valence electrons. The standard InChI is InChI=1S/C21H20N2O3/c24-19(15-7-8-17-16(12-15)13-20(25)22-17)9-10-21(26)23-11-3-5-14-4-1-2-6-18(14)23/h1-2,4,6-8,12H,3,5,9-11,13H2,(H,22,25). The van der Waals surface area contributed by atoms with Gasteiger partial charge in [-0.25, -0.2) is 0 Å². The number of hydrogen-bond acceptors (Lipinski definition) is 3. The Kier molecular flexibility index (Phi) is 4.29. The lowest BCUT2D eigenvalue weighted by Crippen LogP contribution is -2.35. The first-order valence-electron chi connectivity index (χ1n) is 8.96. The van der Waals surface area contributed by atoms with Gasteiger partial charge in [0.2, 0.25) is 11.8 Å². The first kappa shape index (κ1) is 16.5. The Morgan fingerprint density at radius 1 is 1.04 bits per heavy atom. The molecule has 1 N–H and O–H groups in total. The maximum absolute atomic E-state index is 12.6. The highest BCUT2D eigenvalue weighted by Gasteiger charge is 2.23. The Morgan fingerprint density at radius 2 is 1.88 bits per heavy atom. The molecule has 0 unspecified atom stereocenters. The van der Waals surface area contributed by atoms with Crippen LogP contribution in [0.1, 0.15) is 40.7 Å². The number of fused-ring (bicyclic) bond motifs is 2. The van der Waals surface area contributed by atoms with E-state index in [1.807, 2.05) is 18.2 Å². The summed E-state index contributed by atoms with van der Waals surface area (Å²) in [5, 5.41) is 2.76. The third-order valence-corrected chi connectivity index (χ3v) is 5.03. The van der Waals surface area contributed by atoms with Crippen molar-refractivity contribution >= 4 is 29.0 Å². The van der Waals surface area contributed by atoms with Gasteiger partial charge in [-0.1, -0.05) is 18.2 Å². The molecule has 2 heterocycles. The van der Waals surface area contributed by atoms with Gasteiger partial charge in [0.25, 0.3) is 0 Å². The summed E-state index contributed by atoms with van der Waals surface area (Å²) in [7, 11) is 0. The number of Topliss-reactive ketones (excluding diaryl/α,β-unsaturated/α-hetero) is 1. The lowest BCUT2D eigenvalue weighted by Gasteiger charge is -2.29. The van der Waals surface area contributed by atoms with Crippen molar-refractivity contribution in [2.45, 2.75) is 32.1 Å². The molecule has 0 radical (unpaired) electrons. The highest BCUT2D eigenvalue weighted by molar-refractivity contribution is 6.04. The third kappa shape index (κ3) is 3.12. The Morgan fingerprint density at radius 3 is 2.77 bits per heavy atom. The van der Waals surface area contributed by atoms with Gasteiger partial charge >= 0.3 is 0 Å². The summed E-state index contributed by atoms with van der Waals surface area (Å²) in [5.41, 5.74) is 4.34. The monoisotopic (exact) mass is 348 g/mol. The highest BCUT2D eigenvalue weighted by Crippen LogP contribution is 2.28. The number of rotatable bonds is 4. The van der Waals surface area contributed by atoms with Crippen LogP contribution in [0.4, 0.5) is 11.4 Å². The van der Waals surface area contributed by atoms with Crippen LogP contribution < -0.4 is 10.2 Å². The largest absolute Gasteiger partial charge is 0.326 e. The molecule has 5 heteroatoms. The number of nitrogens with zero attached hydrogens (tertiary/aromatic N) is 1. The number of carbonyl (C=O) groups excluding carboxylic acids is 3. The molecule has 2 aliphatic rings. The van der Waals surface area contributed by atoms with Gasteiger partial charge in [-0.15, -0.1) is 0 Å². The van der Waals surface area contributed by atoms with Gasteiger partial charge in [-0.2, -0.15) is 0 Å². The third-order valence-electron chi connectivity index (χ3n) is 5.03. The summed E-state index contributed by atoms with van der Waals surface area (Å²) >= 11 is 0. The van der Waals surface area contributed by atoms with Crippen LogP contribution in [0.3, 0.4) is 0 Å². The molecular weight excluding hydrogens is 328 g/mol. The normalized spacial score (nSPS) is 15.2. The quantitative estimate of drug-likeness (QED) is 0.863. The minimum atomic E-state index is -0.0641. The molecule has 2 aromatic rings. The minimum Gasteiger partial charge on any atom is -0.326 e. The molecule has 2 aliphatic heterocycles. The first-order valence-corrected chi connectivity index (χ1v) is 8.96. The Balaban J connectivity index is 1.42. The molecule has 5 nitrogen and oxygen atoms in total. The molecule has 0 aromatic heterocycles. The average Bonchev–Trinajstić information content (AvgIpc) is 3.04. The number of nitrogens with one attached hydrogen (secondary N) is 1. The summed E-state index contributed by atoms with van der Waals surface area (Å²) in [6.07, 6.45) is 2.61. The van der Waals surface area contributed by atoms with Crippen molar-refractivity contribution in [3.63, 3.8) is 0 Å². The van der Waals surface area contributed by atoms with Crippen molar-refractivity contribution < 1.29 is 14.4 Å². The Bertz CT molecular complexity index is 904. The van der Waals surface area contributed by atoms with Crippen LogP contribution in [0.2, 0.25) is 0 Å². The van der Waals surface area contributed by atoms with E-state index in [1.54, 1.807) is 23.1 Å². The molecule has 0 atom stereocenters. The van der Waals surface area contributed by atoms with Crippen molar-refractivity contribution in [2.24, 2.45) is 0 Å². The van der Waals surface area contributed by atoms with E-state index in [4.69, 9.17) is 0 Å². The fourth-order valence-corrected chi connectivity index (χ4v) is 3.70. The number of ketones is 1. The number of benzene rings is 2. The van der Waals surface area contributed by atoms with E-state index in [0.29, 0.717) is 18.5 Å². The van der Waals surface area contributed by atoms with Crippen molar-refractivity contribution in [3.8, 4) is 0 Å².